The number of carbonyl (C=O) groups excluding carboxylic acids is 4. The zero-order valence-corrected chi connectivity index (χ0v) is 17.0. The Bertz CT molecular complexity index is 1050. The van der Waals surface area contributed by atoms with E-state index in [1.165, 1.54) is 44.5 Å². The van der Waals surface area contributed by atoms with Crippen LogP contribution in [0.4, 0.5) is 23.7 Å². The van der Waals surface area contributed by atoms with Gasteiger partial charge in [-0.3, -0.25) is 19.3 Å². The summed E-state index contributed by atoms with van der Waals surface area (Å²) in [5.74, 6) is -2.18. The first-order chi connectivity index (χ1) is 14.9. The van der Waals surface area contributed by atoms with Crippen LogP contribution in [-0.2, 0) is 26.1 Å². The second kappa shape index (κ2) is 8.36. The third kappa shape index (κ3) is 4.43. The van der Waals surface area contributed by atoms with Gasteiger partial charge in [-0.05, 0) is 31.2 Å². The van der Waals surface area contributed by atoms with Gasteiger partial charge in [0, 0.05) is 7.05 Å². The summed E-state index contributed by atoms with van der Waals surface area (Å²) < 4.78 is 44.4. The molecule has 9 nitrogen and oxygen atoms in total. The third-order valence-corrected chi connectivity index (χ3v) is 4.90. The van der Waals surface area contributed by atoms with E-state index in [1.54, 1.807) is 0 Å². The van der Waals surface area contributed by atoms with Crippen LogP contribution in [0.15, 0.2) is 47.1 Å². The van der Waals surface area contributed by atoms with Crippen molar-refractivity contribution in [2.45, 2.75) is 18.6 Å². The first-order valence-electron chi connectivity index (χ1n) is 9.31. The molecule has 1 atom stereocenters. The maximum absolute atomic E-state index is 13.1. The third-order valence-electron chi connectivity index (χ3n) is 4.90. The zero-order chi connectivity index (χ0) is 23.7. The van der Waals surface area contributed by atoms with Crippen LogP contribution < -0.4 is 10.6 Å². The summed E-state index contributed by atoms with van der Waals surface area (Å²) in [4.78, 5) is 51.2. The van der Waals surface area contributed by atoms with E-state index < -0.39 is 59.8 Å². The minimum Gasteiger partial charge on any atom is -0.466 e. The molecule has 1 fully saturated rings. The molecule has 1 aliphatic heterocycles. The molecule has 2 N–H and O–H groups in total. The van der Waals surface area contributed by atoms with Crippen molar-refractivity contribution in [3.8, 4) is 0 Å². The van der Waals surface area contributed by atoms with Gasteiger partial charge in [0.25, 0.3) is 5.91 Å². The summed E-state index contributed by atoms with van der Waals surface area (Å²) in [5.41, 5.74) is -2.97. The first-order valence-corrected chi connectivity index (χ1v) is 9.31. The predicted octanol–water partition coefficient (Wildman–Crippen LogP) is 2.16. The van der Waals surface area contributed by atoms with Gasteiger partial charge < -0.3 is 20.0 Å². The number of amides is 5. The molecule has 170 valence electrons. The SMILES string of the molecule is CN(CC(=O)Nc1ccccc1C(F)(F)F)C(=O)CN1C(=O)NC(C)(c2ccco2)C1=O. The van der Waals surface area contributed by atoms with Crippen molar-refractivity contribution in [3.05, 3.63) is 54.0 Å². The molecule has 1 aromatic carbocycles. The van der Waals surface area contributed by atoms with Gasteiger partial charge in [0.1, 0.15) is 12.3 Å². The molecule has 0 spiro atoms. The van der Waals surface area contributed by atoms with Crippen LogP contribution in [-0.4, -0.2) is 53.7 Å². The number of rotatable bonds is 6. The number of hydrogen-bond acceptors (Lipinski definition) is 5. The molecular formula is C20H19F3N4O5. The number of para-hydroxylation sites is 1. The van der Waals surface area contributed by atoms with Gasteiger partial charge in [-0.1, -0.05) is 12.1 Å². The Morgan fingerprint density at radius 2 is 1.88 bits per heavy atom. The second-order valence-electron chi connectivity index (χ2n) is 7.27. The van der Waals surface area contributed by atoms with Crippen molar-refractivity contribution in [2.24, 2.45) is 0 Å². The summed E-state index contributed by atoms with van der Waals surface area (Å²) in [6.45, 7) is 0.166. The van der Waals surface area contributed by atoms with E-state index in [1.807, 2.05) is 0 Å². The number of carbonyl (C=O) groups is 4. The zero-order valence-electron chi connectivity index (χ0n) is 17.0. The summed E-state index contributed by atoms with van der Waals surface area (Å²) >= 11 is 0. The minimum atomic E-state index is -4.67. The lowest BCUT2D eigenvalue weighted by Crippen LogP contribution is -2.45. The lowest BCUT2D eigenvalue weighted by atomic mass is 9.99. The molecule has 2 aromatic rings. The van der Waals surface area contributed by atoms with E-state index in [-0.39, 0.29) is 5.76 Å². The Morgan fingerprint density at radius 3 is 2.50 bits per heavy atom. The van der Waals surface area contributed by atoms with Crippen LogP contribution in [0.5, 0.6) is 0 Å². The summed E-state index contributed by atoms with van der Waals surface area (Å²) in [5, 5.41) is 4.58. The Kier molecular flexibility index (Phi) is 5.97. The number of likely N-dealkylation sites (N-methyl/N-ethyl adjacent to an activating group) is 1. The lowest BCUT2D eigenvalue weighted by molar-refractivity contribution is -0.139. The highest BCUT2D eigenvalue weighted by Gasteiger charge is 2.51. The van der Waals surface area contributed by atoms with E-state index in [0.29, 0.717) is 4.90 Å². The van der Waals surface area contributed by atoms with Gasteiger partial charge in [-0.15, -0.1) is 0 Å². The van der Waals surface area contributed by atoms with E-state index in [0.717, 1.165) is 17.0 Å². The van der Waals surface area contributed by atoms with Gasteiger partial charge in [0.05, 0.1) is 24.1 Å². The molecule has 2 heterocycles. The van der Waals surface area contributed by atoms with Crippen molar-refractivity contribution in [3.63, 3.8) is 0 Å². The summed E-state index contributed by atoms with van der Waals surface area (Å²) in [6.07, 6.45) is -3.34. The first kappa shape index (κ1) is 22.8. The van der Waals surface area contributed by atoms with E-state index >= 15 is 0 Å². The maximum Gasteiger partial charge on any atom is 0.418 e. The number of nitrogens with one attached hydrogen (secondary N) is 2. The van der Waals surface area contributed by atoms with Crippen LogP contribution in [0.1, 0.15) is 18.2 Å². The van der Waals surface area contributed by atoms with Crippen LogP contribution in [0.25, 0.3) is 0 Å². The Labute approximate surface area is 180 Å². The summed E-state index contributed by atoms with van der Waals surface area (Å²) in [6, 6.07) is 6.63. The molecule has 1 unspecified atom stereocenters. The van der Waals surface area contributed by atoms with Gasteiger partial charge in [-0.25, -0.2) is 4.79 Å². The molecule has 5 amide bonds. The molecule has 1 aromatic heterocycles. The number of urea groups is 1. The van der Waals surface area contributed by atoms with Crippen molar-refractivity contribution in [1.29, 1.82) is 0 Å². The number of imide groups is 1. The molecule has 32 heavy (non-hydrogen) atoms. The van der Waals surface area contributed by atoms with Crippen molar-refractivity contribution >= 4 is 29.4 Å². The Hall–Kier alpha value is -3.83. The number of nitrogens with zero attached hydrogens (tertiary/aromatic N) is 2. The average molecular weight is 452 g/mol. The van der Waals surface area contributed by atoms with Crippen LogP contribution in [0.2, 0.25) is 0 Å². The van der Waals surface area contributed by atoms with Crippen LogP contribution in [0, 0.1) is 0 Å². The largest absolute Gasteiger partial charge is 0.466 e. The topological polar surface area (TPSA) is 112 Å². The molecular weight excluding hydrogens is 433 g/mol. The number of alkyl halides is 3. The van der Waals surface area contributed by atoms with Crippen molar-refractivity contribution < 1.29 is 36.8 Å². The standard InChI is InChI=1S/C20H19F3N4O5/c1-19(14-8-5-9-32-14)17(30)27(18(31)25-19)11-16(29)26(2)10-15(28)24-13-7-4-3-6-12(13)20(21,22)23/h3-9H,10-11H2,1-2H3,(H,24,28)(H,25,31). The van der Waals surface area contributed by atoms with Gasteiger partial charge in [0.2, 0.25) is 11.8 Å². The molecule has 12 heteroatoms. The van der Waals surface area contributed by atoms with Gasteiger partial charge in [0.15, 0.2) is 5.54 Å². The predicted molar refractivity (Wildman–Crippen MR) is 104 cm³/mol. The average Bonchev–Trinajstić information content (AvgIpc) is 3.32. The van der Waals surface area contributed by atoms with Crippen LogP contribution in [0.3, 0.4) is 0 Å². The van der Waals surface area contributed by atoms with Gasteiger partial charge in [-0.2, -0.15) is 13.2 Å². The second-order valence-corrected chi connectivity index (χ2v) is 7.27. The fourth-order valence-corrected chi connectivity index (χ4v) is 3.16. The Balaban J connectivity index is 1.63. The van der Waals surface area contributed by atoms with Crippen LogP contribution >= 0.6 is 0 Å². The molecule has 0 saturated carbocycles. The van der Waals surface area contributed by atoms with Gasteiger partial charge >= 0.3 is 12.2 Å². The smallest absolute Gasteiger partial charge is 0.418 e. The Morgan fingerprint density at radius 1 is 1.19 bits per heavy atom. The normalized spacial score (nSPS) is 18.5. The van der Waals surface area contributed by atoms with Crippen molar-refractivity contribution in [2.75, 3.05) is 25.5 Å². The van der Waals surface area contributed by atoms with E-state index in [9.17, 15) is 32.3 Å². The van der Waals surface area contributed by atoms with Crippen molar-refractivity contribution in [1.82, 2.24) is 15.1 Å². The number of furan rings is 1. The molecule has 1 saturated heterocycles. The number of halogens is 3. The summed E-state index contributed by atoms with van der Waals surface area (Å²) in [7, 11) is 1.22. The highest BCUT2D eigenvalue weighted by molar-refractivity contribution is 6.09. The fourth-order valence-electron chi connectivity index (χ4n) is 3.16. The maximum atomic E-state index is 13.1. The van der Waals surface area contributed by atoms with E-state index in [2.05, 4.69) is 10.6 Å². The number of hydrogen-bond donors (Lipinski definition) is 2. The number of benzene rings is 1. The molecule has 0 aliphatic carbocycles. The fraction of sp³-hybridized carbons (Fsp3) is 0.300. The lowest BCUT2D eigenvalue weighted by Gasteiger charge is -2.21. The molecule has 1 aliphatic rings. The molecule has 0 bridgehead atoms. The minimum absolute atomic E-state index is 0.182. The quantitative estimate of drug-likeness (QED) is 0.653. The highest BCUT2D eigenvalue weighted by atomic mass is 19.4. The number of anilines is 1. The van der Waals surface area contributed by atoms with E-state index in [4.69, 9.17) is 4.42 Å². The molecule has 3 rings (SSSR count). The monoisotopic (exact) mass is 452 g/mol. The molecule has 0 radical (unpaired) electrons. The highest BCUT2D eigenvalue weighted by Crippen LogP contribution is 2.34.